The number of benzene rings is 2. The normalized spacial score (nSPS) is 15.1. The van der Waals surface area contributed by atoms with Crippen LogP contribution in [-0.2, 0) is 13.0 Å². The summed E-state index contributed by atoms with van der Waals surface area (Å²) in [5.74, 6) is 0.853. The van der Waals surface area contributed by atoms with Crippen molar-refractivity contribution in [1.29, 1.82) is 0 Å². The van der Waals surface area contributed by atoms with Crippen LogP contribution in [0.15, 0.2) is 30.3 Å². The standard InChI is InChI=1S/C23H29NO3/c1-14-15(2)21-13-24(16(3)23(4,5)26)22(25)20(21)12-18(14)11-17-7-9-19(27-6)10-8-17/h7-10,12,16,26H,11,13H2,1-6H3. The molecule has 4 heteroatoms. The Hall–Kier alpha value is -2.33. The van der Waals surface area contributed by atoms with Crippen LogP contribution in [0.4, 0.5) is 0 Å². The third-order valence-electron chi connectivity index (χ3n) is 6.00. The van der Waals surface area contributed by atoms with E-state index < -0.39 is 5.60 Å². The minimum atomic E-state index is -0.938. The molecular weight excluding hydrogens is 338 g/mol. The molecule has 3 rings (SSSR count). The molecule has 144 valence electrons. The number of amides is 1. The lowest BCUT2D eigenvalue weighted by molar-refractivity contribution is -0.00648. The Kier molecular flexibility index (Phi) is 5.04. The first kappa shape index (κ1) is 19.4. The molecule has 0 saturated carbocycles. The average Bonchev–Trinajstić information content (AvgIpc) is 2.95. The number of fused-ring (bicyclic) bond motifs is 1. The second-order valence-electron chi connectivity index (χ2n) is 8.10. The van der Waals surface area contributed by atoms with E-state index in [2.05, 4.69) is 26.0 Å². The highest BCUT2D eigenvalue weighted by Crippen LogP contribution is 2.34. The molecule has 1 amide bonds. The minimum absolute atomic E-state index is 0.0127. The molecule has 0 aromatic heterocycles. The van der Waals surface area contributed by atoms with Gasteiger partial charge in [0.1, 0.15) is 5.75 Å². The van der Waals surface area contributed by atoms with Crippen LogP contribution in [0.25, 0.3) is 0 Å². The number of aliphatic hydroxyl groups is 1. The van der Waals surface area contributed by atoms with Gasteiger partial charge in [0.25, 0.3) is 5.91 Å². The summed E-state index contributed by atoms with van der Waals surface area (Å²) < 4.78 is 5.23. The maximum atomic E-state index is 13.0. The van der Waals surface area contributed by atoms with Crippen molar-refractivity contribution < 1.29 is 14.6 Å². The Labute approximate surface area is 161 Å². The van der Waals surface area contributed by atoms with Crippen molar-refractivity contribution in [2.24, 2.45) is 0 Å². The summed E-state index contributed by atoms with van der Waals surface area (Å²) in [7, 11) is 1.66. The van der Waals surface area contributed by atoms with Gasteiger partial charge in [-0.25, -0.2) is 0 Å². The van der Waals surface area contributed by atoms with Crippen molar-refractivity contribution >= 4 is 5.91 Å². The van der Waals surface area contributed by atoms with Crippen molar-refractivity contribution in [3.05, 3.63) is 63.7 Å². The van der Waals surface area contributed by atoms with Crippen LogP contribution in [0, 0.1) is 13.8 Å². The molecule has 0 aliphatic carbocycles. The van der Waals surface area contributed by atoms with E-state index in [4.69, 9.17) is 4.74 Å². The van der Waals surface area contributed by atoms with Gasteiger partial charge in [-0.05, 0) is 87.1 Å². The van der Waals surface area contributed by atoms with Crippen molar-refractivity contribution in [1.82, 2.24) is 4.90 Å². The zero-order chi connectivity index (χ0) is 19.9. The van der Waals surface area contributed by atoms with Crippen LogP contribution >= 0.6 is 0 Å². The zero-order valence-electron chi connectivity index (χ0n) is 17.1. The lowest BCUT2D eigenvalue weighted by atomic mass is 9.91. The lowest BCUT2D eigenvalue weighted by Crippen LogP contribution is -2.47. The number of rotatable bonds is 5. The van der Waals surface area contributed by atoms with Crippen LogP contribution in [0.1, 0.15) is 58.9 Å². The van der Waals surface area contributed by atoms with Gasteiger partial charge in [0, 0.05) is 12.1 Å². The summed E-state index contributed by atoms with van der Waals surface area (Å²) in [6.45, 7) is 10.2. The number of hydrogen-bond acceptors (Lipinski definition) is 3. The van der Waals surface area contributed by atoms with E-state index in [0.29, 0.717) is 6.54 Å². The maximum absolute atomic E-state index is 13.0. The number of nitrogens with zero attached hydrogens (tertiary/aromatic N) is 1. The topological polar surface area (TPSA) is 49.8 Å². The Morgan fingerprint density at radius 1 is 1.19 bits per heavy atom. The van der Waals surface area contributed by atoms with Crippen molar-refractivity contribution in [2.75, 3.05) is 7.11 Å². The van der Waals surface area contributed by atoms with Gasteiger partial charge in [-0.1, -0.05) is 12.1 Å². The predicted molar refractivity (Wildman–Crippen MR) is 107 cm³/mol. The molecule has 4 nitrogen and oxygen atoms in total. The summed E-state index contributed by atoms with van der Waals surface area (Å²) in [5, 5.41) is 10.4. The van der Waals surface area contributed by atoms with E-state index in [1.54, 1.807) is 25.9 Å². The average molecular weight is 367 g/mol. The van der Waals surface area contributed by atoms with E-state index in [1.165, 1.54) is 22.3 Å². The van der Waals surface area contributed by atoms with Crippen LogP contribution in [0.5, 0.6) is 5.75 Å². The van der Waals surface area contributed by atoms with Gasteiger partial charge in [0.2, 0.25) is 0 Å². The van der Waals surface area contributed by atoms with E-state index in [0.717, 1.165) is 23.3 Å². The lowest BCUT2D eigenvalue weighted by Gasteiger charge is -2.33. The van der Waals surface area contributed by atoms with Crippen molar-refractivity contribution in [3.8, 4) is 5.75 Å². The van der Waals surface area contributed by atoms with Crippen LogP contribution < -0.4 is 4.74 Å². The molecule has 0 bridgehead atoms. The van der Waals surface area contributed by atoms with Gasteiger partial charge in [-0.3, -0.25) is 4.79 Å². The molecular formula is C23H29NO3. The second-order valence-corrected chi connectivity index (χ2v) is 8.10. The first-order valence-electron chi connectivity index (χ1n) is 9.41. The van der Waals surface area contributed by atoms with Gasteiger partial charge in [0.05, 0.1) is 18.8 Å². The Morgan fingerprint density at radius 2 is 1.81 bits per heavy atom. The van der Waals surface area contributed by atoms with Crippen LogP contribution in [0.3, 0.4) is 0 Å². The molecule has 1 N–H and O–H groups in total. The molecule has 1 aliphatic rings. The van der Waals surface area contributed by atoms with Gasteiger partial charge < -0.3 is 14.7 Å². The summed E-state index contributed by atoms with van der Waals surface area (Å²) in [6, 6.07) is 9.84. The Morgan fingerprint density at radius 3 is 2.37 bits per heavy atom. The predicted octanol–water partition coefficient (Wildman–Crippen LogP) is 4.02. The van der Waals surface area contributed by atoms with Crippen LogP contribution in [-0.4, -0.2) is 34.7 Å². The zero-order valence-corrected chi connectivity index (χ0v) is 17.1. The monoisotopic (exact) mass is 367 g/mol. The SMILES string of the molecule is COc1ccc(Cc2cc3c(c(C)c2C)CN(C(C)C(C)(C)O)C3=O)cc1. The third-order valence-corrected chi connectivity index (χ3v) is 6.00. The largest absolute Gasteiger partial charge is 0.497 e. The smallest absolute Gasteiger partial charge is 0.254 e. The molecule has 0 radical (unpaired) electrons. The molecule has 0 spiro atoms. The summed E-state index contributed by atoms with van der Waals surface area (Å²) >= 11 is 0. The first-order chi connectivity index (χ1) is 12.6. The second kappa shape index (κ2) is 7.01. The van der Waals surface area contributed by atoms with Gasteiger partial charge >= 0.3 is 0 Å². The Balaban J connectivity index is 1.94. The highest BCUT2D eigenvalue weighted by molar-refractivity contribution is 5.99. The number of methoxy groups -OCH3 is 1. The quantitative estimate of drug-likeness (QED) is 0.868. The van der Waals surface area contributed by atoms with Gasteiger partial charge in [0.15, 0.2) is 0 Å². The molecule has 1 heterocycles. The highest BCUT2D eigenvalue weighted by Gasteiger charge is 2.38. The number of hydrogen-bond donors (Lipinski definition) is 1. The number of carbonyl (C=O) groups excluding carboxylic acids is 1. The van der Waals surface area contributed by atoms with E-state index in [-0.39, 0.29) is 11.9 Å². The van der Waals surface area contributed by atoms with E-state index >= 15 is 0 Å². The molecule has 1 unspecified atom stereocenters. The van der Waals surface area contributed by atoms with Crippen LogP contribution in [0.2, 0.25) is 0 Å². The molecule has 0 saturated heterocycles. The molecule has 1 atom stereocenters. The molecule has 2 aromatic carbocycles. The maximum Gasteiger partial charge on any atom is 0.254 e. The fraction of sp³-hybridized carbons (Fsp3) is 0.435. The third kappa shape index (κ3) is 3.59. The van der Waals surface area contributed by atoms with Crippen molar-refractivity contribution in [3.63, 3.8) is 0 Å². The molecule has 0 fully saturated rings. The highest BCUT2D eigenvalue weighted by atomic mass is 16.5. The van der Waals surface area contributed by atoms with E-state index in [1.807, 2.05) is 25.1 Å². The first-order valence-corrected chi connectivity index (χ1v) is 9.41. The van der Waals surface area contributed by atoms with E-state index in [9.17, 15) is 9.90 Å². The minimum Gasteiger partial charge on any atom is -0.497 e. The molecule has 27 heavy (non-hydrogen) atoms. The fourth-order valence-electron chi connectivity index (χ4n) is 3.67. The number of ether oxygens (including phenoxy) is 1. The molecule has 2 aromatic rings. The molecule has 1 aliphatic heterocycles. The fourth-order valence-corrected chi connectivity index (χ4v) is 3.67. The van der Waals surface area contributed by atoms with Crippen molar-refractivity contribution in [2.45, 2.75) is 59.2 Å². The van der Waals surface area contributed by atoms with Gasteiger partial charge in [-0.15, -0.1) is 0 Å². The Bertz CT molecular complexity index is 863. The number of carbonyl (C=O) groups is 1. The summed E-state index contributed by atoms with van der Waals surface area (Å²) in [4.78, 5) is 14.8. The van der Waals surface area contributed by atoms with Gasteiger partial charge in [-0.2, -0.15) is 0 Å². The summed E-state index contributed by atoms with van der Waals surface area (Å²) in [5.41, 5.74) is 5.69. The summed E-state index contributed by atoms with van der Waals surface area (Å²) in [6.07, 6.45) is 0.776.